The molecule has 6 heteroatoms. The second-order valence-corrected chi connectivity index (χ2v) is 7.61. The van der Waals surface area contributed by atoms with Crippen molar-refractivity contribution < 1.29 is 0 Å². The number of aromatic nitrogens is 2. The summed E-state index contributed by atoms with van der Waals surface area (Å²) in [6.45, 7) is 4.28. The van der Waals surface area contributed by atoms with Gasteiger partial charge in [0.05, 0.1) is 16.3 Å². The van der Waals surface area contributed by atoms with E-state index in [1.54, 1.807) is 22.7 Å². The molecule has 20 heavy (non-hydrogen) atoms. The zero-order chi connectivity index (χ0) is 14.1. The number of halogens is 1. The Hall–Kier alpha value is -0.980. The van der Waals surface area contributed by atoms with Crippen molar-refractivity contribution in [3.8, 4) is 0 Å². The predicted molar refractivity (Wildman–Crippen MR) is 90.8 cm³/mol. The summed E-state index contributed by atoms with van der Waals surface area (Å²) >= 11 is 6.92. The summed E-state index contributed by atoms with van der Waals surface area (Å²) in [5.41, 5.74) is 1.02. The molecule has 0 amide bonds. The lowest BCUT2D eigenvalue weighted by atomic mass is 10.3. The topological polar surface area (TPSA) is 37.8 Å². The smallest absolute Gasteiger partial charge is 0.184 e. The van der Waals surface area contributed by atoms with Gasteiger partial charge in [-0.3, -0.25) is 0 Å². The summed E-state index contributed by atoms with van der Waals surface area (Å²) < 4.78 is 2.25. The molecule has 0 fully saturated rings. The van der Waals surface area contributed by atoms with Crippen LogP contribution in [0.5, 0.6) is 0 Å². The number of nitrogens with one attached hydrogen (secondary N) is 1. The van der Waals surface area contributed by atoms with E-state index in [0.29, 0.717) is 0 Å². The highest BCUT2D eigenvalue weighted by atomic mass is 79.9. The van der Waals surface area contributed by atoms with E-state index < -0.39 is 0 Å². The van der Waals surface area contributed by atoms with Crippen molar-refractivity contribution in [1.29, 1.82) is 0 Å². The fourth-order valence-corrected chi connectivity index (χ4v) is 4.04. The summed E-state index contributed by atoms with van der Waals surface area (Å²) in [5, 5.41) is 5.50. The molecular formula is C14H14BrN3S2. The van der Waals surface area contributed by atoms with E-state index in [9.17, 15) is 0 Å². The molecule has 1 atom stereocenters. The summed E-state index contributed by atoms with van der Waals surface area (Å²) in [6, 6.07) is 6.36. The van der Waals surface area contributed by atoms with E-state index in [-0.39, 0.29) is 6.04 Å². The van der Waals surface area contributed by atoms with Crippen LogP contribution in [-0.4, -0.2) is 9.97 Å². The number of hydrogen-bond acceptors (Lipinski definition) is 5. The lowest BCUT2D eigenvalue weighted by Gasteiger charge is -2.08. The van der Waals surface area contributed by atoms with Crippen LogP contribution in [0.25, 0.3) is 10.2 Å². The van der Waals surface area contributed by atoms with Crippen LogP contribution in [0.4, 0.5) is 5.13 Å². The van der Waals surface area contributed by atoms with Gasteiger partial charge in [0.25, 0.3) is 0 Å². The van der Waals surface area contributed by atoms with Gasteiger partial charge in [-0.25, -0.2) is 9.97 Å². The van der Waals surface area contributed by atoms with E-state index in [0.717, 1.165) is 26.5 Å². The highest BCUT2D eigenvalue weighted by Gasteiger charge is 2.12. The lowest BCUT2D eigenvalue weighted by Crippen LogP contribution is -2.05. The van der Waals surface area contributed by atoms with Gasteiger partial charge in [0.1, 0.15) is 5.01 Å². The highest BCUT2D eigenvalue weighted by molar-refractivity contribution is 9.10. The average molecular weight is 368 g/mol. The molecule has 1 N–H and O–H groups in total. The van der Waals surface area contributed by atoms with Gasteiger partial charge in [0.2, 0.25) is 0 Å². The summed E-state index contributed by atoms with van der Waals surface area (Å²) in [7, 11) is 0. The van der Waals surface area contributed by atoms with Crippen LogP contribution in [0.1, 0.15) is 29.8 Å². The van der Waals surface area contributed by atoms with Crippen molar-refractivity contribution in [1.82, 2.24) is 9.97 Å². The number of fused-ring (bicyclic) bond motifs is 1. The molecule has 3 aromatic rings. The minimum Gasteiger partial charge on any atom is -0.353 e. The van der Waals surface area contributed by atoms with Gasteiger partial charge in [-0.2, -0.15) is 0 Å². The Bertz CT molecular complexity index is 735. The summed E-state index contributed by atoms with van der Waals surface area (Å²) in [6.07, 6.45) is 3.01. The number of anilines is 1. The van der Waals surface area contributed by atoms with Crippen molar-refractivity contribution in [3.63, 3.8) is 0 Å². The number of hydrogen-bond donors (Lipinski definition) is 1. The summed E-state index contributed by atoms with van der Waals surface area (Å²) in [5.74, 6) is 0. The van der Waals surface area contributed by atoms with Gasteiger partial charge in [-0.15, -0.1) is 11.3 Å². The number of thiazole rings is 2. The van der Waals surface area contributed by atoms with Crippen molar-refractivity contribution in [2.45, 2.75) is 26.3 Å². The van der Waals surface area contributed by atoms with E-state index in [4.69, 9.17) is 0 Å². The minimum absolute atomic E-state index is 0.185. The van der Waals surface area contributed by atoms with E-state index in [1.165, 1.54) is 9.58 Å². The molecule has 104 valence electrons. The molecule has 0 spiro atoms. The normalized spacial score (nSPS) is 12.8. The van der Waals surface area contributed by atoms with Gasteiger partial charge in [-0.05, 0) is 31.5 Å². The maximum absolute atomic E-state index is 4.62. The zero-order valence-electron chi connectivity index (χ0n) is 11.2. The van der Waals surface area contributed by atoms with Crippen molar-refractivity contribution >= 4 is 54.0 Å². The second-order valence-electron chi connectivity index (χ2n) is 4.52. The van der Waals surface area contributed by atoms with Crippen LogP contribution < -0.4 is 5.32 Å². The van der Waals surface area contributed by atoms with E-state index in [2.05, 4.69) is 51.1 Å². The van der Waals surface area contributed by atoms with Gasteiger partial charge < -0.3 is 5.32 Å². The Kier molecular flexibility index (Phi) is 4.05. The first-order valence-electron chi connectivity index (χ1n) is 6.43. The van der Waals surface area contributed by atoms with Crippen molar-refractivity contribution in [3.05, 3.63) is 38.8 Å². The fourth-order valence-electron chi connectivity index (χ4n) is 1.90. The number of rotatable bonds is 4. The molecule has 2 heterocycles. The van der Waals surface area contributed by atoms with Crippen LogP contribution in [0, 0.1) is 0 Å². The first-order chi connectivity index (χ1) is 9.65. The molecule has 3 rings (SSSR count). The molecule has 0 saturated carbocycles. The van der Waals surface area contributed by atoms with Crippen LogP contribution in [0.3, 0.4) is 0 Å². The minimum atomic E-state index is 0.185. The van der Waals surface area contributed by atoms with Crippen LogP contribution >= 0.6 is 38.6 Å². The second kappa shape index (κ2) is 5.79. The van der Waals surface area contributed by atoms with Gasteiger partial charge in [0.15, 0.2) is 5.13 Å². The molecule has 1 aromatic carbocycles. The molecule has 0 aliphatic heterocycles. The first-order valence-corrected chi connectivity index (χ1v) is 8.85. The molecule has 2 aromatic heterocycles. The molecule has 0 aliphatic rings. The van der Waals surface area contributed by atoms with Crippen molar-refractivity contribution in [2.75, 3.05) is 5.32 Å². The molecule has 1 unspecified atom stereocenters. The fraction of sp³-hybridized carbons (Fsp3) is 0.286. The maximum atomic E-state index is 4.62. The number of aryl methyl sites for hydroxylation is 1. The standard InChI is InChI=1S/C14H14BrN3S2/c1-3-10-7-16-13(19-10)8(2)17-14-18-11-6-9(15)4-5-12(11)20-14/h4-8H,3H2,1-2H3,(H,17,18). The SMILES string of the molecule is CCc1cnc(C(C)Nc2nc3cc(Br)ccc3s2)s1. The monoisotopic (exact) mass is 367 g/mol. The Morgan fingerprint density at radius 1 is 1.35 bits per heavy atom. The molecule has 0 saturated heterocycles. The Morgan fingerprint density at radius 3 is 2.95 bits per heavy atom. The highest BCUT2D eigenvalue weighted by Crippen LogP contribution is 2.31. The molecular weight excluding hydrogens is 354 g/mol. The Labute approximate surface area is 134 Å². The molecule has 3 nitrogen and oxygen atoms in total. The van der Waals surface area contributed by atoms with Crippen LogP contribution in [0.15, 0.2) is 28.9 Å². The quantitative estimate of drug-likeness (QED) is 0.683. The van der Waals surface area contributed by atoms with Crippen LogP contribution in [0.2, 0.25) is 0 Å². The molecule has 0 radical (unpaired) electrons. The number of nitrogens with zero attached hydrogens (tertiary/aromatic N) is 2. The van der Waals surface area contributed by atoms with Crippen LogP contribution in [-0.2, 0) is 6.42 Å². The maximum Gasteiger partial charge on any atom is 0.184 e. The van der Waals surface area contributed by atoms with Crippen molar-refractivity contribution in [2.24, 2.45) is 0 Å². The zero-order valence-corrected chi connectivity index (χ0v) is 14.4. The molecule has 0 aliphatic carbocycles. The van der Waals surface area contributed by atoms with Gasteiger partial charge >= 0.3 is 0 Å². The van der Waals surface area contributed by atoms with Gasteiger partial charge in [0, 0.05) is 15.5 Å². The lowest BCUT2D eigenvalue weighted by molar-refractivity contribution is 0.867. The van der Waals surface area contributed by atoms with E-state index >= 15 is 0 Å². The average Bonchev–Trinajstić information content (AvgIpc) is 3.03. The Morgan fingerprint density at radius 2 is 2.20 bits per heavy atom. The third kappa shape index (κ3) is 2.87. The first kappa shape index (κ1) is 14.0. The van der Waals surface area contributed by atoms with E-state index in [1.807, 2.05) is 18.3 Å². The predicted octanol–water partition coefficient (Wildman–Crippen LogP) is 5.25. The third-order valence-electron chi connectivity index (χ3n) is 2.98. The largest absolute Gasteiger partial charge is 0.353 e. The Balaban J connectivity index is 1.81. The third-order valence-corrected chi connectivity index (χ3v) is 5.77. The number of benzene rings is 1. The van der Waals surface area contributed by atoms with Gasteiger partial charge in [-0.1, -0.05) is 34.2 Å². The summed E-state index contributed by atoms with van der Waals surface area (Å²) in [4.78, 5) is 10.4. The molecule has 0 bridgehead atoms.